The number of aryl methyl sites for hydroxylation is 2. The summed E-state index contributed by atoms with van der Waals surface area (Å²) in [6.45, 7) is 0.526. The van der Waals surface area contributed by atoms with E-state index in [1.165, 1.54) is 12.1 Å². The van der Waals surface area contributed by atoms with Gasteiger partial charge in [0.05, 0.1) is 0 Å². The van der Waals surface area contributed by atoms with Gasteiger partial charge >= 0.3 is 5.97 Å². The van der Waals surface area contributed by atoms with Crippen LogP contribution in [0.25, 0.3) is 0 Å². The van der Waals surface area contributed by atoms with Crippen LogP contribution in [0.15, 0.2) is 42.6 Å². The van der Waals surface area contributed by atoms with E-state index in [1.54, 1.807) is 29.0 Å². The van der Waals surface area contributed by atoms with Gasteiger partial charge in [-0.2, -0.15) is 0 Å². The van der Waals surface area contributed by atoms with Gasteiger partial charge in [-0.1, -0.05) is 12.1 Å². The maximum absolute atomic E-state index is 12.9. The summed E-state index contributed by atoms with van der Waals surface area (Å²) in [7, 11) is 0. The standard InChI is InChI=1S/C13H12FNO2/c14-11-4-1-3-10(9-11)6-8-15-7-2-5-12(15)13(16)17/h1-5,7,9H,6,8H2,(H,16,17). The molecule has 0 spiro atoms. The zero-order valence-corrected chi connectivity index (χ0v) is 9.14. The molecular formula is C13H12FNO2. The molecule has 0 aliphatic heterocycles. The molecule has 0 saturated carbocycles. The fourth-order valence-corrected chi connectivity index (χ4v) is 1.75. The lowest BCUT2D eigenvalue weighted by Gasteiger charge is -2.06. The second-order valence-electron chi connectivity index (χ2n) is 3.77. The Morgan fingerprint density at radius 1 is 1.29 bits per heavy atom. The third-order valence-electron chi connectivity index (χ3n) is 2.58. The number of carbonyl (C=O) groups is 1. The summed E-state index contributed by atoms with van der Waals surface area (Å²) in [4.78, 5) is 10.9. The predicted molar refractivity (Wildman–Crippen MR) is 61.5 cm³/mol. The zero-order valence-electron chi connectivity index (χ0n) is 9.14. The highest BCUT2D eigenvalue weighted by Gasteiger charge is 2.08. The van der Waals surface area contributed by atoms with Crippen molar-refractivity contribution in [3.8, 4) is 0 Å². The van der Waals surface area contributed by atoms with E-state index < -0.39 is 5.97 Å². The van der Waals surface area contributed by atoms with Crippen LogP contribution < -0.4 is 0 Å². The Hall–Kier alpha value is -2.10. The van der Waals surface area contributed by atoms with Gasteiger partial charge in [-0.3, -0.25) is 0 Å². The largest absolute Gasteiger partial charge is 0.477 e. The molecule has 2 rings (SSSR count). The van der Waals surface area contributed by atoms with Crippen molar-refractivity contribution >= 4 is 5.97 Å². The number of hydrogen-bond acceptors (Lipinski definition) is 1. The van der Waals surface area contributed by atoms with E-state index in [-0.39, 0.29) is 11.5 Å². The van der Waals surface area contributed by atoms with Crippen molar-refractivity contribution in [2.45, 2.75) is 13.0 Å². The second kappa shape index (κ2) is 4.82. The van der Waals surface area contributed by atoms with Gasteiger partial charge in [0, 0.05) is 12.7 Å². The minimum atomic E-state index is -0.950. The molecule has 0 atom stereocenters. The maximum atomic E-state index is 12.9. The van der Waals surface area contributed by atoms with Gasteiger partial charge in [0.15, 0.2) is 0 Å². The number of aromatic nitrogens is 1. The summed E-state index contributed by atoms with van der Waals surface area (Å²) in [5.74, 6) is -1.22. The fourth-order valence-electron chi connectivity index (χ4n) is 1.75. The topological polar surface area (TPSA) is 42.2 Å². The lowest BCUT2D eigenvalue weighted by molar-refractivity contribution is 0.0685. The molecule has 0 saturated heterocycles. The predicted octanol–water partition coefficient (Wildman–Crippen LogP) is 2.57. The molecule has 0 fully saturated rings. The number of rotatable bonds is 4. The molecule has 0 unspecified atom stereocenters. The third kappa shape index (κ3) is 2.72. The Bertz CT molecular complexity index is 534. The zero-order chi connectivity index (χ0) is 12.3. The van der Waals surface area contributed by atoms with Crippen LogP contribution in [0.4, 0.5) is 4.39 Å². The first kappa shape index (κ1) is 11.4. The smallest absolute Gasteiger partial charge is 0.352 e. The van der Waals surface area contributed by atoms with Gasteiger partial charge in [-0.05, 0) is 36.2 Å². The van der Waals surface area contributed by atoms with Gasteiger partial charge in [0.1, 0.15) is 11.5 Å². The van der Waals surface area contributed by atoms with Gasteiger partial charge in [-0.15, -0.1) is 0 Å². The molecule has 1 N–H and O–H groups in total. The van der Waals surface area contributed by atoms with E-state index in [4.69, 9.17) is 5.11 Å². The highest BCUT2D eigenvalue weighted by atomic mass is 19.1. The van der Waals surface area contributed by atoms with Crippen molar-refractivity contribution in [1.82, 2.24) is 4.57 Å². The maximum Gasteiger partial charge on any atom is 0.352 e. The van der Waals surface area contributed by atoms with E-state index in [0.717, 1.165) is 5.56 Å². The van der Waals surface area contributed by atoms with Crippen LogP contribution in [0.5, 0.6) is 0 Å². The van der Waals surface area contributed by atoms with Gasteiger partial charge in [0.2, 0.25) is 0 Å². The molecule has 1 aromatic carbocycles. The molecule has 0 aliphatic carbocycles. The minimum absolute atomic E-state index is 0.251. The first-order valence-electron chi connectivity index (χ1n) is 5.30. The Kier molecular flexibility index (Phi) is 3.23. The number of halogens is 1. The number of carboxylic acids is 1. The monoisotopic (exact) mass is 233 g/mol. The van der Waals surface area contributed by atoms with Crippen molar-refractivity contribution in [1.29, 1.82) is 0 Å². The van der Waals surface area contributed by atoms with E-state index in [2.05, 4.69) is 0 Å². The number of benzene rings is 1. The van der Waals surface area contributed by atoms with Crippen LogP contribution in [-0.2, 0) is 13.0 Å². The summed E-state index contributed by atoms with van der Waals surface area (Å²) in [5.41, 5.74) is 1.11. The molecule has 4 heteroatoms. The molecule has 0 aliphatic rings. The molecule has 0 radical (unpaired) electrons. The van der Waals surface area contributed by atoms with E-state index >= 15 is 0 Å². The van der Waals surface area contributed by atoms with E-state index in [0.29, 0.717) is 13.0 Å². The van der Waals surface area contributed by atoms with E-state index in [9.17, 15) is 9.18 Å². The average Bonchev–Trinajstić information content (AvgIpc) is 2.74. The summed E-state index contributed by atoms with van der Waals surface area (Å²) in [6, 6.07) is 9.57. The summed E-state index contributed by atoms with van der Waals surface area (Å²) in [6.07, 6.45) is 2.31. The van der Waals surface area contributed by atoms with Crippen LogP contribution in [0.1, 0.15) is 16.1 Å². The van der Waals surface area contributed by atoms with Crippen molar-refractivity contribution in [2.24, 2.45) is 0 Å². The van der Waals surface area contributed by atoms with Crippen LogP contribution >= 0.6 is 0 Å². The van der Waals surface area contributed by atoms with Crippen molar-refractivity contribution in [3.63, 3.8) is 0 Å². The number of hydrogen-bond donors (Lipinski definition) is 1. The Labute approximate surface area is 98.1 Å². The fraction of sp³-hybridized carbons (Fsp3) is 0.154. The number of nitrogens with zero attached hydrogens (tertiary/aromatic N) is 1. The molecule has 1 aromatic heterocycles. The lowest BCUT2D eigenvalue weighted by atomic mass is 10.1. The van der Waals surface area contributed by atoms with E-state index in [1.807, 2.05) is 6.07 Å². The van der Waals surface area contributed by atoms with Crippen LogP contribution in [0.3, 0.4) is 0 Å². The Balaban J connectivity index is 2.07. The van der Waals surface area contributed by atoms with Gasteiger partial charge < -0.3 is 9.67 Å². The summed E-state index contributed by atoms with van der Waals surface area (Å²) < 4.78 is 14.6. The molecule has 17 heavy (non-hydrogen) atoms. The first-order chi connectivity index (χ1) is 8.16. The summed E-state index contributed by atoms with van der Waals surface area (Å²) >= 11 is 0. The first-order valence-corrected chi connectivity index (χ1v) is 5.30. The SMILES string of the molecule is O=C(O)c1cccn1CCc1cccc(F)c1. The van der Waals surface area contributed by atoms with Crippen LogP contribution in [0, 0.1) is 5.82 Å². The minimum Gasteiger partial charge on any atom is -0.477 e. The van der Waals surface area contributed by atoms with Crippen molar-refractivity contribution in [2.75, 3.05) is 0 Å². The van der Waals surface area contributed by atoms with Crippen molar-refractivity contribution in [3.05, 3.63) is 59.7 Å². The van der Waals surface area contributed by atoms with Crippen molar-refractivity contribution < 1.29 is 14.3 Å². The molecule has 0 amide bonds. The quantitative estimate of drug-likeness (QED) is 0.881. The normalized spacial score (nSPS) is 10.4. The molecule has 0 bridgehead atoms. The lowest BCUT2D eigenvalue weighted by Crippen LogP contribution is -2.09. The highest BCUT2D eigenvalue weighted by molar-refractivity contribution is 5.85. The average molecular weight is 233 g/mol. The van der Waals surface area contributed by atoms with Crippen LogP contribution in [0.2, 0.25) is 0 Å². The number of carboxylic acid groups (broad SMARTS) is 1. The van der Waals surface area contributed by atoms with Gasteiger partial charge in [0.25, 0.3) is 0 Å². The molecule has 2 aromatic rings. The molecule has 1 heterocycles. The molecule has 88 valence electrons. The van der Waals surface area contributed by atoms with Crippen LogP contribution in [-0.4, -0.2) is 15.6 Å². The third-order valence-corrected chi connectivity index (χ3v) is 2.58. The number of aromatic carboxylic acids is 1. The molecule has 3 nitrogen and oxygen atoms in total. The highest BCUT2D eigenvalue weighted by Crippen LogP contribution is 2.08. The summed E-state index contributed by atoms with van der Waals surface area (Å²) in [5, 5.41) is 8.92. The Morgan fingerprint density at radius 3 is 2.82 bits per heavy atom. The second-order valence-corrected chi connectivity index (χ2v) is 3.77. The molecular weight excluding hydrogens is 221 g/mol. The van der Waals surface area contributed by atoms with Gasteiger partial charge in [-0.25, -0.2) is 9.18 Å². The Morgan fingerprint density at radius 2 is 2.12 bits per heavy atom.